The second-order valence-electron chi connectivity index (χ2n) is 5.59. The molecule has 0 aliphatic rings. The van der Waals surface area contributed by atoms with E-state index in [2.05, 4.69) is 10.0 Å². The van der Waals surface area contributed by atoms with Crippen LogP contribution in [0.3, 0.4) is 0 Å². The predicted octanol–water partition coefficient (Wildman–Crippen LogP) is 1.93. The second kappa shape index (κ2) is 5.56. The SMILES string of the molecule is CNCc1cc(F)c(C)c(S(=O)(=O)NC(C)(C)C)c1. The monoisotopic (exact) mass is 288 g/mol. The highest BCUT2D eigenvalue weighted by Gasteiger charge is 2.25. The normalized spacial score (nSPS) is 12.7. The molecule has 2 N–H and O–H groups in total. The largest absolute Gasteiger partial charge is 0.316 e. The molecule has 108 valence electrons. The van der Waals surface area contributed by atoms with Gasteiger partial charge in [0.05, 0.1) is 4.90 Å². The van der Waals surface area contributed by atoms with Gasteiger partial charge in [-0.2, -0.15) is 0 Å². The molecule has 1 aromatic rings. The van der Waals surface area contributed by atoms with Gasteiger partial charge in [-0.3, -0.25) is 0 Å². The van der Waals surface area contributed by atoms with Gasteiger partial charge in [0.1, 0.15) is 5.82 Å². The topological polar surface area (TPSA) is 58.2 Å². The third-order valence-corrected chi connectivity index (χ3v) is 4.35. The summed E-state index contributed by atoms with van der Waals surface area (Å²) in [6, 6.07) is 2.85. The van der Waals surface area contributed by atoms with Crippen LogP contribution in [0.2, 0.25) is 0 Å². The van der Waals surface area contributed by atoms with E-state index in [0.29, 0.717) is 12.1 Å². The van der Waals surface area contributed by atoms with Gasteiger partial charge in [-0.15, -0.1) is 0 Å². The van der Waals surface area contributed by atoms with Gasteiger partial charge < -0.3 is 5.32 Å². The van der Waals surface area contributed by atoms with E-state index in [1.807, 2.05) is 0 Å². The van der Waals surface area contributed by atoms with Crippen molar-refractivity contribution in [2.75, 3.05) is 7.05 Å². The minimum atomic E-state index is -3.73. The van der Waals surface area contributed by atoms with E-state index in [0.717, 1.165) is 0 Å². The lowest BCUT2D eigenvalue weighted by molar-refractivity contribution is 0.490. The molecule has 0 fully saturated rings. The summed E-state index contributed by atoms with van der Waals surface area (Å²) in [6.07, 6.45) is 0. The molecule has 1 aromatic carbocycles. The number of nitrogens with one attached hydrogen (secondary N) is 2. The highest BCUT2D eigenvalue weighted by Crippen LogP contribution is 2.22. The fraction of sp³-hybridized carbons (Fsp3) is 0.538. The first-order valence-corrected chi connectivity index (χ1v) is 7.53. The molecule has 0 spiro atoms. The summed E-state index contributed by atoms with van der Waals surface area (Å²) >= 11 is 0. The summed E-state index contributed by atoms with van der Waals surface area (Å²) in [5.41, 5.74) is 0.123. The first-order chi connectivity index (χ1) is 8.57. The molecule has 19 heavy (non-hydrogen) atoms. The summed E-state index contributed by atoms with van der Waals surface area (Å²) in [7, 11) is -2.01. The van der Waals surface area contributed by atoms with Gasteiger partial charge in [-0.25, -0.2) is 17.5 Å². The van der Waals surface area contributed by atoms with Crippen LogP contribution < -0.4 is 10.0 Å². The van der Waals surface area contributed by atoms with E-state index in [9.17, 15) is 12.8 Å². The first kappa shape index (κ1) is 16.1. The Hall–Kier alpha value is -0.980. The maximum Gasteiger partial charge on any atom is 0.241 e. The van der Waals surface area contributed by atoms with Crippen LogP contribution in [0.25, 0.3) is 0 Å². The smallest absolute Gasteiger partial charge is 0.241 e. The fourth-order valence-electron chi connectivity index (χ4n) is 1.75. The van der Waals surface area contributed by atoms with Gasteiger partial charge in [0, 0.05) is 17.6 Å². The first-order valence-electron chi connectivity index (χ1n) is 6.04. The zero-order chi connectivity index (χ0) is 14.8. The van der Waals surface area contributed by atoms with Gasteiger partial charge in [0.15, 0.2) is 0 Å². The Balaban J connectivity index is 3.33. The molecule has 4 nitrogen and oxygen atoms in total. The predicted molar refractivity (Wildman–Crippen MR) is 74.0 cm³/mol. The summed E-state index contributed by atoms with van der Waals surface area (Å²) in [5.74, 6) is -0.512. The van der Waals surface area contributed by atoms with Crippen molar-refractivity contribution in [3.8, 4) is 0 Å². The van der Waals surface area contributed by atoms with Crippen molar-refractivity contribution in [2.24, 2.45) is 0 Å². The molecule has 0 atom stereocenters. The van der Waals surface area contributed by atoms with Crippen LogP contribution >= 0.6 is 0 Å². The van der Waals surface area contributed by atoms with E-state index >= 15 is 0 Å². The minimum absolute atomic E-state index is 0.00678. The molecule has 0 unspecified atom stereocenters. The van der Waals surface area contributed by atoms with Gasteiger partial charge in [0.25, 0.3) is 0 Å². The molecule has 0 saturated heterocycles. The number of hydrogen-bond donors (Lipinski definition) is 2. The summed E-state index contributed by atoms with van der Waals surface area (Å²) in [6.45, 7) is 7.11. The third kappa shape index (κ3) is 4.26. The zero-order valence-corrected chi connectivity index (χ0v) is 12.8. The molecule has 0 amide bonds. The average Bonchev–Trinajstić information content (AvgIpc) is 2.19. The van der Waals surface area contributed by atoms with E-state index in [1.54, 1.807) is 27.8 Å². The van der Waals surface area contributed by atoms with E-state index in [4.69, 9.17) is 0 Å². The summed E-state index contributed by atoms with van der Waals surface area (Å²) in [4.78, 5) is -0.00678. The lowest BCUT2D eigenvalue weighted by atomic mass is 10.1. The van der Waals surface area contributed by atoms with Crippen molar-refractivity contribution in [1.82, 2.24) is 10.0 Å². The molecule has 0 aliphatic heterocycles. The van der Waals surface area contributed by atoms with Crippen molar-refractivity contribution >= 4 is 10.0 Å². The van der Waals surface area contributed by atoms with Crippen molar-refractivity contribution in [2.45, 2.75) is 44.7 Å². The van der Waals surface area contributed by atoms with Crippen LogP contribution in [0.5, 0.6) is 0 Å². The molecule has 0 aliphatic carbocycles. The number of hydrogen-bond acceptors (Lipinski definition) is 3. The third-order valence-electron chi connectivity index (χ3n) is 2.47. The van der Waals surface area contributed by atoms with Crippen LogP contribution in [0.15, 0.2) is 17.0 Å². The van der Waals surface area contributed by atoms with Gasteiger partial charge in [-0.1, -0.05) is 0 Å². The van der Waals surface area contributed by atoms with E-state index < -0.39 is 21.4 Å². The molecular weight excluding hydrogens is 267 g/mol. The Morgan fingerprint density at radius 2 is 1.84 bits per heavy atom. The molecule has 0 aromatic heterocycles. The molecule has 0 saturated carbocycles. The van der Waals surface area contributed by atoms with Gasteiger partial charge >= 0.3 is 0 Å². The summed E-state index contributed by atoms with van der Waals surface area (Å²) < 4.78 is 40.9. The molecular formula is C13H21FN2O2S. The zero-order valence-electron chi connectivity index (χ0n) is 12.0. The van der Waals surface area contributed by atoms with Crippen LogP contribution in [0.1, 0.15) is 31.9 Å². The quantitative estimate of drug-likeness (QED) is 0.890. The Morgan fingerprint density at radius 3 is 2.32 bits per heavy atom. The van der Waals surface area contributed by atoms with Crippen molar-refractivity contribution in [3.05, 3.63) is 29.1 Å². The molecule has 6 heteroatoms. The Labute approximate surface area is 114 Å². The fourth-order valence-corrected chi connectivity index (χ4v) is 3.47. The molecule has 1 rings (SSSR count). The summed E-state index contributed by atoms with van der Waals surface area (Å²) in [5, 5.41) is 2.88. The Kier molecular flexibility index (Phi) is 4.71. The van der Waals surface area contributed by atoms with Gasteiger partial charge in [0.2, 0.25) is 10.0 Å². The van der Waals surface area contributed by atoms with Crippen LogP contribution in [0, 0.1) is 12.7 Å². The maximum atomic E-state index is 13.8. The lowest BCUT2D eigenvalue weighted by Gasteiger charge is -2.21. The second-order valence-corrected chi connectivity index (χ2v) is 7.24. The molecule has 0 radical (unpaired) electrons. The number of benzene rings is 1. The van der Waals surface area contributed by atoms with Crippen LogP contribution in [-0.2, 0) is 16.6 Å². The van der Waals surface area contributed by atoms with Crippen LogP contribution in [-0.4, -0.2) is 21.0 Å². The maximum absolute atomic E-state index is 13.8. The van der Waals surface area contributed by atoms with Gasteiger partial charge in [-0.05, 0) is 52.4 Å². The standard InChI is InChI=1S/C13H21FN2O2S/c1-9-11(14)6-10(8-15-5)7-12(9)19(17,18)16-13(2,3)4/h6-7,15-16H,8H2,1-5H3. The van der Waals surface area contributed by atoms with Crippen LogP contribution in [0.4, 0.5) is 4.39 Å². The average molecular weight is 288 g/mol. The van der Waals surface area contributed by atoms with E-state index in [-0.39, 0.29) is 10.5 Å². The number of halogens is 1. The molecule has 0 heterocycles. The molecule has 0 bridgehead atoms. The van der Waals surface area contributed by atoms with Crippen molar-refractivity contribution in [3.63, 3.8) is 0 Å². The Morgan fingerprint density at radius 1 is 1.26 bits per heavy atom. The van der Waals surface area contributed by atoms with Crippen molar-refractivity contribution in [1.29, 1.82) is 0 Å². The lowest BCUT2D eigenvalue weighted by Crippen LogP contribution is -2.40. The number of rotatable bonds is 4. The van der Waals surface area contributed by atoms with E-state index in [1.165, 1.54) is 19.1 Å². The Bertz CT molecular complexity index is 563. The highest BCUT2D eigenvalue weighted by atomic mass is 32.2. The minimum Gasteiger partial charge on any atom is -0.316 e. The highest BCUT2D eigenvalue weighted by molar-refractivity contribution is 7.89. The van der Waals surface area contributed by atoms with Crippen molar-refractivity contribution < 1.29 is 12.8 Å². The number of sulfonamides is 1.